The van der Waals surface area contributed by atoms with Crippen molar-refractivity contribution in [2.45, 2.75) is 38.0 Å². The number of benzene rings is 2. The largest absolute Gasteiger partial charge is 0.207 e. The van der Waals surface area contributed by atoms with Crippen molar-refractivity contribution in [1.82, 2.24) is 0 Å². The smallest absolute Gasteiger partial charge is 0.123 e. The Hall–Kier alpha value is -1.37. The Morgan fingerprint density at radius 2 is 1.76 bits per heavy atom. The molecule has 0 spiro atoms. The Balaban J connectivity index is 2.11. The summed E-state index contributed by atoms with van der Waals surface area (Å²) in [6.07, 6.45) is 6.51. The topological polar surface area (TPSA) is 0 Å². The molecule has 0 atom stereocenters. The zero-order valence-corrected chi connectivity index (χ0v) is 9.95. The Labute approximate surface area is 101 Å². The third-order valence-corrected chi connectivity index (χ3v) is 3.92. The molecule has 0 aliphatic heterocycles. The molecule has 1 saturated carbocycles. The fourth-order valence-corrected chi connectivity index (χ4v) is 3.04. The standard InChI is InChI=1S/C16H17F/c17-14-10-9-13-7-4-8-15(16(13)11-14)12-5-2-1-3-6-12/h4,7-12H,1-3,5-6H2. The van der Waals surface area contributed by atoms with Gasteiger partial charge in [0.2, 0.25) is 0 Å². The summed E-state index contributed by atoms with van der Waals surface area (Å²) in [4.78, 5) is 0. The zero-order valence-electron chi connectivity index (χ0n) is 9.95. The second kappa shape index (κ2) is 4.48. The molecule has 0 heterocycles. The summed E-state index contributed by atoms with van der Waals surface area (Å²) in [5.41, 5.74) is 1.35. The third kappa shape index (κ3) is 2.06. The zero-order chi connectivity index (χ0) is 11.7. The van der Waals surface area contributed by atoms with Gasteiger partial charge in [0.1, 0.15) is 5.82 Å². The van der Waals surface area contributed by atoms with Crippen LogP contribution < -0.4 is 0 Å². The molecule has 1 aliphatic rings. The van der Waals surface area contributed by atoms with E-state index >= 15 is 0 Å². The molecule has 17 heavy (non-hydrogen) atoms. The van der Waals surface area contributed by atoms with E-state index in [0.29, 0.717) is 5.92 Å². The van der Waals surface area contributed by atoms with E-state index in [1.165, 1.54) is 37.7 Å². The van der Waals surface area contributed by atoms with Gasteiger partial charge in [-0.05, 0) is 47.2 Å². The van der Waals surface area contributed by atoms with Gasteiger partial charge in [0, 0.05) is 0 Å². The van der Waals surface area contributed by atoms with Crippen LogP contribution in [0.25, 0.3) is 10.8 Å². The van der Waals surface area contributed by atoms with Crippen molar-refractivity contribution in [3.05, 3.63) is 47.8 Å². The summed E-state index contributed by atoms with van der Waals surface area (Å²) in [6.45, 7) is 0. The highest BCUT2D eigenvalue weighted by Crippen LogP contribution is 2.36. The van der Waals surface area contributed by atoms with Crippen molar-refractivity contribution in [3.8, 4) is 0 Å². The highest BCUT2D eigenvalue weighted by Gasteiger charge is 2.17. The summed E-state index contributed by atoms with van der Waals surface area (Å²) < 4.78 is 13.4. The maximum atomic E-state index is 13.4. The maximum Gasteiger partial charge on any atom is 0.123 e. The van der Waals surface area contributed by atoms with Gasteiger partial charge in [-0.2, -0.15) is 0 Å². The first-order chi connectivity index (χ1) is 8.34. The Morgan fingerprint density at radius 3 is 2.59 bits per heavy atom. The molecule has 1 aliphatic carbocycles. The lowest BCUT2D eigenvalue weighted by molar-refractivity contribution is 0.445. The summed E-state index contributed by atoms with van der Waals surface area (Å²) >= 11 is 0. The van der Waals surface area contributed by atoms with Gasteiger partial charge >= 0.3 is 0 Å². The second-order valence-electron chi connectivity index (χ2n) is 5.05. The SMILES string of the molecule is Fc1ccc2cccc(C3CCCCC3)c2c1. The molecule has 0 aromatic heterocycles. The van der Waals surface area contributed by atoms with E-state index in [2.05, 4.69) is 18.2 Å². The molecule has 1 heteroatoms. The van der Waals surface area contributed by atoms with Crippen LogP contribution >= 0.6 is 0 Å². The lowest BCUT2D eigenvalue weighted by atomic mass is 9.82. The Morgan fingerprint density at radius 1 is 0.941 bits per heavy atom. The maximum absolute atomic E-state index is 13.4. The number of hydrogen-bond acceptors (Lipinski definition) is 0. The molecular formula is C16H17F. The highest BCUT2D eigenvalue weighted by atomic mass is 19.1. The van der Waals surface area contributed by atoms with Gasteiger partial charge in [0.05, 0.1) is 0 Å². The van der Waals surface area contributed by atoms with Crippen LogP contribution in [0.2, 0.25) is 0 Å². The van der Waals surface area contributed by atoms with Crippen LogP contribution in [0, 0.1) is 5.82 Å². The molecule has 2 aromatic rings. The van der Waals surface area contributed by atoms with Crippen LogP contribution in [0.4, 0.5) is 4.39 Å². The van der Waals surface area contributed by atoms with Crippen molar-refractivity contribution >= 4 is 10.8 Å². The van der Waals surface area contributed by atoms with Crippen LogP contribution in [0.3, 0.4) is 0 Å². The molecule has 0 unspecified atom stereocenters. The quantitative estimate of drug-likeness (QED) is 0.642. The van der Waals surface area contributed by atoms with E-state index in [0.717, 1.165) is 10.8 Å². The number of hydrogen-bond donors (Lipinski definition) is 0. The first-order valence-corrected chi connectivity index (χ1v) is 6.53. The van der Waals surface area contributed by atoms with Crippen LogP contribution in [-0.4, -0.2) is 0 Å². The van der Waals surface area contributed by atoms with Crippen LogP contribution in [0.5, 0.6) is 0 Å². The number of rotatable bonds is 1. The Kier molecular flexibility index (Phi) is 2.84. The van der Waals surface area contributed by atoms with E-state index in [1.807, 2.05) is 6.07 Å². The average Bonchev–Trinajstić information content (AvgIpc) is 2.39. The summed E-state index contributed by atoms with van der Waals surface area (Å²) in [5.74, 6) is 0.509. The van der Waals surface area contributed by atoms with Crippen LogP contribution in [0.15, 0.2) is 36.4 Å². The Bertz CT molecular complexity index is 524. The first-order valence-electron chi connectivity index (χ1n) is 6.53. The molecule has 0 bridgehead atoms. The van der Waals surface area contributed by atoms with Crippen molar-refractivity contribution < 1.29 is 4.39 Å². The van der Waals surface area contributed by atoms with Crippen LogP contribution in [-0.2, 0) is 0 Å². The monoisotopic (exact) mass is 228 g/mol. The van der Waals surface area contributed by atoms with Gasteiger partial charge < -0.3 is 0 Å². The fourth-order valence-electron chi connectivity index (χ4n) is 3.04. The van der Waals surface area contributed by atoms with Crippen molar-refractivity contribution in [3.63, 3.8) is 0 Å². The lowest BCUT2D eigenvalue weighted by Gasteiger charge is -2.23. The normalized spacial score (nSPS) is 17.5. The van der Waals surface area contributed by atoms with Gasteiger partial charge in [-0.1, -0.05) is 43.5 Å². The van der Waals surface area contributed by atoms with Gasteiger partial charge in [-0.3, -0.25) is 0 Å². The number of halogens is 1. The predicted octanol–water partition coefficient (Wildman–Crippen LogP) is 5.03. The van der Waals surface area contributed by atoms with E-state index < -0.39 is 0 Å². The first kappa shape index (κ1) is 10.8. The van der Waals surface area contributed by atoms with E-state index in [9.17, 15) is 4.39 Å². The molecule has 0 N–H and O–H groups in total. The summed E-state index contributed by atoms with van der Waals surface area (Å²) in [5, 5.41) is 2.27. The van der Waals surface area contributed by atoms with Crippen molar-refractivity contribution in [2.75, 3.05) is 0 Å². The molecule has 88 valence electrons. The minimum absolute atomic E-state index is 0.124. The molecule has 0 nitrogen and oxygen atoms in total. The second-order valence-corrected chi connectivity index (χ2v) is 5.05. The van der Waals surface area contributed by atoms with Crippen molar-refractivity contribution in [2.24, 2.45) is 0 Å². The predicted molar refractivity (Wildman–Crippen MR) is 69.7 cm³/mol. The molecule has 0 amide bonds. The molecule has 0 saturated heterocycles. The molecule has 2 aromatic carbocycles. The highest BCUT2D eigenvalue weighted by molar-refractivity contribution is 5.86. The van der Waals surface area contributed by atoms with Crippen LogP contribution in [0.1, 0.15) is 43.6 Å². The molecule has 3 rings (SSSR count). The summed E-state index contributed by atoms with van der Waals surface area (Å²) in [7, 11) is 0. The van der Waals surface area contributed by atoms with E-state index in [1.54, 1.807) is 12.1 Å². The fraction of sp³-hybridized carbons (Fsp3) is 0.375. The summed E-state index contributed by atoms with van der Waals surface area (Å²) in [6, 6.07) is 11.5. The van der Waals surface area contributed by atoms with E-state index in [-0.39, 0.29) is 5.82 Å². The van der Waals surface area contributed by atoms with Gasteiger partial charge in [0.15, 0.2) is 0 Å². The van der Waals surface area contributed by atoms with E-state index in [4.69, 9.17) is 0 Å². The number of fused-ring (bicyclic) bond motifs is 1. The average molecular weight is 228 g/mol. The lowest BCUT2D eigenvalue weighted by Crippen LogP contribution is -2.05. The molecule has 1 fully saturated rings. The molecular weight excluding hydrogens is 211 g/mol. The van der Waals surface area contributed by atoms with Gasteiger partial charge in [0.25, 0.3) is 0 Å². The third-order valence-electron chi connectivity index (χ3n) is 3.92. The molecule has 0 radical (unpaired) electrons. The minimum atomic E-state index is -0.124. The van der Waals surface area contributed by atoms with Gasteiger partial charge in [-0.15, -0.1) is 0 Å². The minimum Gasteiger partial charge on any atom is -0.207 e. The van der Waals surface area contributed by atoms with Crippen molar-refractivity contribution in [1.29, 1.82) is 0 Å². The van der Waals surface area contributed by atoms with Gasteiger partial charge in [-0.25, -0.2) is 4.39 Å².